The Morgan fingerprint density at radius 2 is 1.63 bits per heavy atom. The highest BCUT2D eigenvalue weighted by Gasteiger charge is 2.30. The van der Waals surface area contributed by atoms with Gasteiger partial charge in [0, 0.05) is 12.5 Å². The van der Waals surface area contributed by atoms with E-state index in [4.69, 9.17) is 0 Å². The fourth-order valence-electron chi connectivity index (χ4n) is 4.27. The highest BCUT2D eigenvalue weighted by Crippen LogP contribution is 2.17. The Hall–Kier alpha value is -2.43. The molecular formula is C26H37N3O+2. The number of nitrogens with one attached hydrogen (secondary N) is 3. The van der Waals surface area contributed by atoms with Gasteiger partial charge in [0.05, 0.1) is 6.54 Å². The van der Waals surface area contributed by atoms with Gasteiger partial charge in [0.25, 0.3) is 5.91 Å². The van der Waals surface area contributed by atoms with Gasteiger partial charge in [-0.1, -0.05) is 73.7 Å². The number of piperazine rings is 1. The first-order valence-corrected chi connectivity index (χ1v) is 11.4. The largest absolute Gasteiger partial charge is 0.350 e. The highest BCUT2D eigenvalue weighted by molar-refractivity contribution is 5.80. The van der Waals surface area contributed by atoms with E-state index in [1.165, 1.54) is 16.0 Å². The smallest absolute Gasteiger partial charge is 0.278 e. The maximum Gasteiger partial charge on any atom is 0.278 e. The summed E-state index contributed by atoms with van der Waals surface area (Å²) in [4.78, 5) is 15.8. The normalized spacial score (nSPS) is 21.3. The van der Waals surface area contributed by atoms with Crippen LogP contribution in [0.5, 0.6) is 0 Å². The van der Waals surface area contributed by atoms with Crippen molar-refractivity contribution in [1.82, 2.24) is 5.32 Å². The van der Waals surface area contributed by atoms with Crippen LogP contribution >= 0.6 is 0 Å². The number of rotatable bonds is 9. The molecule has 0 unspecified atom stereocenters. The van der Waals surface area contributed by atoms with Gasteiger partial charge >= 0.3 is 0 Å². The molecule has 0 aromatic heterocycles. The van der Waals surface area contributed by atoms with E-state index < -0.39 is 0 Å². The Morgan fingerprint density at radius 1 is 1.00 bits per heavy atom. The van der Waals surface area contributed by atoms with Crippen LogP contribution in [0.4, 0.5) is 0 Å². The summed E-state index contributed by atoms with van der Waals surface area (Å²) < 4.78 is 0. The van der Waals surface area contributed by atoms with E-state index in [1.54, 1.807) is 4.90 Å². The number of carbonyl (C=O) groups is 1. The van der Waals surface area contributed by atoms with Crippen molar-refractivity contribution in [2.75, 3.05) is 39.3 Å². The van der Waals surface area contributed by atoms with E-state index in [0.717, 1.165) is 45.7 Å². The minimum Gasteiger partial charge on any atom is -0.350 e. The second-order valence-corrected chi connectivity index (χ2v) is 8.41. The number of amides is 1. The molecule has 3 rings (SSSR count). The van der Waals surface area contributed by atoms with E-state index >= 15 is 0 Å². The maximum atomic E-state index is 12.8. The van der Waals surface area contributed by atoms with Crippen LogP contribution in [0.15, 0.2) is 66.7 Å². The Morgan fingerprint density at radius 3 is 2.27 bits per heavy atom. The molecule has 160 valence electrons. The van der Waals surface area contributed by atoms with Crippen molar-refractivity contribution in [3.05, 3.63) is 77.9 Å². The average molecular weight is 408 g/mol. The first-order chi connectivity index (χ1) is 14.7. The van der Waals surface area contributed by atoms with Crippen LogP contribution in [0, 0.1) is 0 Å². The molecule has 2 atom stereocenters. The molecule has 0 aliphatic carbocycles. The lowest BCUT2D eigenvalue weighted by molar-refractivity contribution is -1.02. The minimum atomic E-state index is 0.0136. The first-order valence-electron chi connectivity index (χ1n) is 11.4. The molecule has 0 spiro atoms. The second-order valence-electron chi connectivity index (χ2n) is 8.41. The molecule has 4 nitrogen and oxygen atoms in total. The molecule has 1 amide bonds. The Kier molecular flexibility index (Phi) is 8.66. The van der Waals surface area contributed by atoms with Gasteiger partial charge in [0.15, 0.2) is 6.04 Å². The van der Waals surface area contributed by atoms with Crippen LogP contribution in [0.2, 0.25) is 0 Å². The predicted molar refractivity (Wildman–Crippen MR) is 124 cm³/mol. The maximum absolute atomic E-state index is 12.8. The monoisotopic (exact) mass is 407 g/mol. The van der Waals surface area contributed by atoms with Gasteiger partial charge in [-0.05, 0) is 30.5 Å². The van der Waals surface area contributed by atoms with Crippen molar-refractivity contribution in [3.63, 3.8) is 0 Å². The van der Waals surface area contributed by atoms with Crippen molar-refractivity contribution >= 4 is 12.0 Å². The first kappa shape index (κ1) is 22.3. The highest BCUT2D eigenvalue weighted by atomic mass is 16.2. The Balaban J connectivity index is 1.40. The summed E-state index contributed by atoms with van der Waals surface area (Å²) in [6.07, 6.45) is 5.52. The van der Waals surface area contributed by atoms with Crippen LogP contribution in [0.3, 0.4) is 0 Å². The summed E-state index contributed by atoms with van der Waals surface area (Å²) in [6.45, 7) is 10.4. The van der Waals surface area contributed by atoms with Gasteiger partial charge in [0.1, 0.15) is 26.2 Å². The van der Waals surface area contributed by atoms with Gasteiger partial charge in [-0.15, -0.1) is 0 Å². The fraction of sp³-hybridized carbons (Fsp3) is 0.423. The lowest BCUT2D eigenvalue weighted by Gasteiger charge is -2.32. The number of hydrogen-bond donors (Lipinski definition) is 3. The van der Waals surface area contributed by atoms with Crippen LogP contribution in [0.1, 0.15) is 37.3 Å². The Bertz CT molecular complexity index is 782. The van der Waals surface area contributed by atoms with Crippen molar-refractivity contribution in [2.45, 2.75) is 32.2 Å². The molecule has 30 heavy (non-hydrogen) atoms. The average Bonchev–Trinajstić information content (AvgIpc) is 2.81. The van der Waals surface area contributed by atoms with Crippen molar-refractivity contribution in [1.29, 1.82) is 0 Å². The molecule has 2 aromatic rings. The van der Waals surface area contributed by atoms with Crippen molar-refractivity contribution in [2.24, 2.45) is 0 Å². The van der Waals surface area contributed by atoms with Crippen molar-refractivity contribution in [3.8, 4) is 0 Å². The van der Waals surface area contributed by atoms with E-state index in [1.807, 2.05) is 12.1 Å². The summed E-state index contributed by atoms with van der Waals surface area (Å²) in [5.74, 6) is 0.571. The zero-order valence-electron chi connectivity index (χ0n) is 18.4. The Labute approximate surface area is 181 Å². The van der Waals surface area contributed by atoms with E-state index in [9.17, 15) is 4.79 Å². The third kappa shape index (κ3) is 6.54. The quantitative estimate of drug-likeness (QED) is 0.574. The predicted octanol–water partition coefficient (Wildman–Crippen LogP) is 1.18. The van der Waals surface area contributed by atoms with Crippen LogP contribution in [-0.4, -0.2) is 51.2 Å². The third-order valence-electron chi connectivity index (χ3n) is 6.41. The van der Waals surface area contributed by atoms with Gasteiger partial charge < -0.3 is 15.1 Å². The molecule has 1 heterocycles. The standard InChI is InChI=1S/C26H35N3O/c1-3-24(25-14-8-5-9-15-25)21-27-26(30)22(2)29-19-17-28(18-20-29)16-10-13-23-11-6-4-7-12-23/h4-15,22,24H,3,16-21H2,1-2H3,(H,27,30)/p+2/b13-10+/t22-,24+/m1/s1. The molecule has 1 aliphatic rings. The molecule has 1 fully saturated rings. The SMILES string of the molecule is CC[C@@H](CNC(=O)[C@@H](C)[NH+]1CC[NH+](C/C=C/c2ccccc2)CC1)c1ccccc1. The van der Waals surface area contributed by atoms with Gasteiger partial charge in [-0.3, -0.25) is 4.79 Å². The molecule has 2 aromatic carbocycles. The van der Waals surface area contributed by atoms with E-state index in [0.29, 0.717) is 5.92 Å². The zero-order chi connectivity index (χ0) is 21.2. The lowest BCUT2D eigenvalue weighted by Crippen LogP contribution is -3.30. The molecule has 3 N–H and O–H groups in total. The summed E-state index contributed by atoms with van der Waals surface area (Å²) in [5, 5.41) is 3.22. The topological polar surface area (TPSA) is 38.0 Å². The summed E-state index contributed by atoms with van der Waals surface area (Å²) in [5.41, 5.74) is 2.56. The lowest BCUT2D eigenvalue weighted by atomic mass is 9.96. The van der Waals surface area contributed by atoms with Crippen LogP contribution in [0.25, 0.3) is 6.08 Å². The summed E-state index contributed by atoms with van der Waals surface area (Å²) in [7, 11) is 0. The molecule has 0 saturated carbocycles. The summed E-state index contributed by atoms with van der Waals surface area (Å²) >= 11 is 0. The minimum absolute atomic E-state index is 0.0136. The molecular weight excluding hydrogens is 370 g/mol. The number of benzene rings is 2. The number of carbonyl (C=O) groups excluding carboxylic acids is 1. The molecule has 0 radical (unpaired) electrons. The van der Waals surface area contributed by atoms with Gasteiger partial charge in [0.2, 0.25) is 0 Å². The van der Waals surface area contributed by atoms with E-state index in [2.05, 4.69) is 79.8 Å². The molecule has 4 heteroatoms. The van der Waals surface area contributed by atoms with Crippen LogP contribution in [-0.2, 0) is 4.79 Å². The molecule has 0 bridgehead atoms. The van der Waals surface area contributed by atoms with E-state index in [-0.39, 0.29) is 11.9 Å². The van der Waals surface area contributed by atoms with Gasteiger partial charge in [-0.2, -0.15) is 0 Å². The van der Waals surface area contributed by atoms with Crippen molar-refractivity contribution < 1.29 is 14.6 Å². The zero-order valence-corrected chi connectivity index (χ0v) is 18.4. The molecule has 1 aliphatic heterocycles. The van der Waals surface area contributed by atoms with Gasteiger partial charge in [-0.25, -0.2) is 0 Å². The second kappa shape index (κ2) is 11.7. The number of hydrogen-bond acceptors (Lipinski definition) is 1. The van der Waals surface area contributed by atoms with Crippen LogP contribution < -0.4 is 15.1 Å². The molecule has 1 saturated heterocycles. The number of quaternary nitrogens is 2. The summed E-state index contributed by atoms with van der Waals surface area (Å²) in [6, 6.07) is 21.0. The fourth-order valence-corrected chi connectivity index (χ4v) is 4.27. The third-order valence-corrected chi connectivity index (χ3v) is 6.41.